The zero-order chi connectivity index (χ0) is 25.6. The highest BCUT2D eigenvalue weighted by Crippen LogP contribution is 2.38. The highest BCUT2D eigenvalue weighted by Gasteiger charge is 2.37. The van der Waals surface area contributed by atoms with Gasteiger partial charge >= 0.3 is 0 Å². The Morgan fingerprint density at radius 2 is 1.57 bits per heavy atom. The van der Waals surface area contributed by atoms with Crippen LogP contribution in [0.2, 0.25) is 0 Å². The number of hydrogen-bond donors (Lipinski definition) is 1. The molecule has 0 aliphatic rings. The maximum atomic E-state index is 13.3. The van der Waals surface area contributed by atoms with Crippen molar-refractivity contribution in [3.8, 4) is 11.5 Å². The SMILES string of the molecule is COc1cccc(OC)c1CN(C(=O)C(Cl)(Cl)Cl)c1ccccc1CSc1cccc(C(N)=O)c1. The van der Waals surface area contributed by atoms with Crippen molar-refractivity contribution in [3.05, 3.63) is 83.4 Å². The summed E-state index contributed by atoms with van der Waals surface area (Å²) in [5, 5.41) is 0. The van der Waals surface area contributed by atoms with Crippen molar-refractivity contribution in [2.45, 2.75) is 21.0 Å². The first-order chi connectivity index (χ1) is 16.7. The van der Waals surface area contributed by atoms with Gasteiger partial charge in [-0.25, -0.2) is 0 Å². The van der Waals surface area contributed by atoms with Gasteiger partial charge in [0, 0.05) is 21.9 Å². The molecule has 35 heavy (non-hydrogen) atoms. The molecule has 3 aromatic rings. The zero-order valence-corrected chi connectivity index (χ0v) is 22.0. The maximum absolute atomic E-state index is 13.3. The normalized spacial score (nSPS) is 11.1. The van der Waals surface area contributed by atoms with E-state index in [9.17, 15) is 9.59 Å². The third-order valence-corrected chi connectivity index (χ3v) is 6.66. The Balaban J connectivity index is 2.01. The molecule has 184 valence electrons. The zero-order valence-electron chi connectivity index (χ0n) is 19.0. The monoisotopic (exact) mass is 552 g/mol. The number of rotatable bonds is 9. The summed E-state index contributed by atoms with van der Waals surface area (Å²) in [4.78, 5) is 27.1. The first-order valence-electron chi connectivity index (χ1n) is 10.3. The van der Waals surface area contributed by atoms with Gasteiger partial charge in [-0.05, 0) is 42.0 Å². The smallest absolute Gasteiger partial charge is 0.279 e. The Labute approximate surface area is 223 Å². The van der Waals surface area contributed by atoms with E-state index in [4.69, 9.17) is 50.0 Å². The van der Waals surface area contributed by atoms with Gasteiger partial charge in [0.1, 0.15) is 11.5 Å². The fourth-order valence-electron chi connectivity index (χ4n) is 3.46. The predicted molar refractivity (Wildman–Crippen MR) is 142 cm³/mol. The van der Waals surface area contributed by atoms with Crippen LogP contribution in [0.4, 0.5) is 5.69 Å². The van der Waals surface area contributed by atoms with Crippen LogP contribution in [0.3, 0.4) is 0 Å². The van der Waals surface area contributed by atoms with Crippen LogP contribution < -0.4 is 20.1 Å². The molecule has 0 spiro atoms. The standard InChI is InChI=1S/C25H23Cl3N2O4S/c1-33-21-11-6-12-22(34-2)19(21)14-30(24(32)25(26,27)28)20-10-4-3-7-17(20)15-35-18-9-5-8-16(13-18)23(29)31/h3-13H,14-15H2,1-2H3,(H2,29,31). The van der Waals surface area contributed by atoms with E-state index < -0.39 is 15.6 Å². The molecule has 0 heterocycles. The summed E-state index contributed by atoms with van der Waals surface area (Å²) in [5.74, 6) is 0.315. The van der Waals surface area contributed by atoms with E-state index in [1.165, 1.54) is 30.9 Å². The number of carbonyl (C=O) groups excluding carboxylic acids is 2. The summed E-state index contributed by atoms with van der Waals surface area (Å²) in [7, 11) is 3.06. The van der Waals surface area contributed by atoms with Gasteiger partial charge in [0.25, 0.3) is 9.70 Å². The van der Waals surface area contributed by atoms with Crippen LogP contribution in [0, 0.1) is 0 Å². The minimum absolute atomic E-state index is 0.0404. The van der Waals surface area contributed by atoms with Crippen molar-refractivity contribution in [1.82, 2.24) is 0 Å². The Morgan fingerprint density at radius 3 is 2.17 bits per heavy atom. The minimum atomic E-state index is -2.19. The molecule has 3 rings (SSSR count). The van der Waals surface area contributed by atoms with Gasteiger partial charge in [-0.1, -0.05) is 65.1 Å². The molecule has 10 heteroatoms. The van der Waals surface area contributed by atoms with E-state index in [0.29, 0.717) is 34.1 Å². The van der Waals surface area contributed by atoms with Crippen molar-refractivity contribution >= 4 is 64.1 Å². The predicted octanol–water partition coefficient (Wildman–Crippen LogP) is 6.00. The number of benzene rings is 3. The van der Waals surface area contributed by atoms with Crippen molar-refractivity contribution in [2.24, 2.45) is 5.73 Å². The third kappa shape index (κ3) is 6.76. The molecular weight excluding hydrogens is 531 g/mol. The van der Waals surface area contributed by atoms with E-state index in [-0.39, 0.29) is 6.54 Å². The lowest BCUT2D eigenvalue weighted by molar-refractivity contribution is -0.117. The lowest BCUT2D eigenvalue weighted by atomic mass is 10.1. The van der Waals surface area contributed by atoms with Crippen molar-refractivity contribution < 1.29 is 19.1 Å². The Hall–Kier alpha value is -2.58. The highest BCUT2D eigenvalue weighted by molar-refractivity contribution is 7.98. The fourth-order valence-corrected chi connectivity index (χ4v) is 4.72. The van der Waals surface area contributed by atoms with Crippen LogP contribution in [0.1, 0.15) is 21.5 Å². The number of ether oxygens (including phenoxy) is 2. The fraction of sp³-hybridized carbons (Fsp3) is 0.200. The van der Waals surface area contributed by atoms with Gasteiger partial charge in [0.15, 0.2) is 0 Å². The average molecular weight is 554 g/mol. The molecule has 3 aromatic carbocycles. The number of halogens is 3. The summed E-state index contributed by atoms with van der Waals surface area (Å²) in [6, 6.07) is 19.7. The molecule has 0 saturated carbocycles. The van der Waals surface area contributed by atoms with Crippen molar-refractivity contribution in [2.75, 3.05) is 19.1 Å². The van der Waals surface area contributed by atoms with E-state index >= 15 is 0 Å². The molecule has 6 nitrogen and oxygen atoms in total. The summed E-state index contributed by atoms with van der Waals surface area (Å²) >= 11 is 19.6. The minimum Gasteiger partial charge on any atom is -0.496 e. The first kappa shape index (κ1) is 27.0. The Bertz CT molecular complexity index is 1200. The molecule has 0 aliphatic heterocycles. The number of hydrogen-bond acceptors (Lipinski definition) is 5. The molecule has 0 saturated heterocycles. The summed E-state index contributed by atoms with van der Waals surface area (Å²) in [5.41, 5.74) is 7.82. The third-order valence-electron chi connectivity index (χ3n) is 5.13. The van der Waals surface area contributed by atoms with Crippen LogP contribution >= 0.6 is 46.6 Å². The summed E-state index contributed by atoms with van der Waals surface area (Å²) in [6.07, 6.45) is 0. The van der Waals surface area contributed by atoms with E-state index in [1.54, 1.807) is 48.5 Å². The molecule has 0 bridgehead atoms. The van der Waals surface area contributed by atoms with Crippen LogP contribution in [0.15, 0.2) is 71.6 Å². The topological polar surface area (TPSA) is 81.9 Å². The Morgan fingerprint density at radius 1 is 0.943 bits per heavy atom. The molecule has 0 radical (unpaired) electrons. The first-order valence-corrected chi connectivity index (χ1v) is 12.5. The summed E-state index contributed by atoms with van der Waals surface area (Å²) < 4.78 is 8.81. The lowest BCUT2D eigenvalue weighted by Crippen LogP contribution is -2.39. The van der Waals surface area contributed by atoms with Crippen molar-refractivity contribution in [3.63, 3.8) is 0 Å². The molecule has 0 fully saturated rings. The number of amides is 2. The van der Waals surface area contributed by atoms with E-state index in [2.05, 4.69) is 0 Å². The van der Waals surface area contributed by atoms with Crippen LogP contribution in [-0.2, 0) is 17.1 Å². The molecule has 2 N–H and O–H groups in total. The maximum Gasteiger partial charge on any atom is 0.279 e. The highest BCUT2D eigenvalue weighted by atomic mass is 35.6. The molecule has 0 unspecified atom stereocenters. The largest absolute Gasteiger partial charge is 0.496 e. The number of anilines is 1. The van der Waals surface area contributed by atoms with Gasteiger partial charge in [-0.15, -0.1) is 11.8 Å². The van der Waals surface area contributed by atoms with Gasteiger partial charge in [-0.2, -0.15) is 0 Å². The molecule has 2 amide bonds. The van der Waals surface area contributed by atoms with Crippen LogP contribution in [0.5, 0.6) is 11.5 Å². The number of nitrogens with zero attached hydrogens (tertiary/aromatic N) is 1. The number of nitrogens with two attached hydrogens (primary N) is 1. The average Bonchev–Trinajstić information content (AvgIpc) is 2.85. The Kier molecular flexibility index (Phi) is 9.19. The molecule has 0 atom stereocenters. The van der Waals surface area contributed by atoms with Gasteiger partial charge < -0.3 is 20.1 Å². The molecular formula is C25H23Cl3N2O4S. The van der Waals surface area contributed by atoms with Gasteiger partial charge in [0.05, 0.1) is 26.3 Å². The van der Waals surface area contributed by atoms with Crippen LogP contribution in [-0.4, -0.2) is 29.8 Å². The van der Waals surface area contributed by atoms with Gasteiger partial charge in [0.2, 0.25) is 5.91 Å². The second-order valence-corrected chi connectivity index (χ2v) is 10.7. The quantitative estimate of drug-likeness (QED) is 0.260. The number of primary amides is 1. The van der Waals surface area contributed by atoms with Gasteiger partial charge in [-0.3, -0.25) is 9.59 Å². The second kappa shape index (κ2) is 11.9. The number of thioether (sulfide) groups is 1. The number of para-hydroxylation sites is 1. The summed E-state index contributed by atoms with van der Waals surface area (Å²) in [6.45, 7) is 0.0404. The molecule has 0 aromatic heterocycles. The van der Waals surface area contributed by atoms with E-state index in [1.807, 2.05) is 18.2 Å². The second-order valence-electron chi connectivity index (χ2n) is 7.34. The molecule has 0 aliphatic carbocycles. The number of methoxy groups -OCH3 is 2. The number of alkyl halides is 3. The van der Waals surface area contributed by atoms with Crippen molar-refractivity contribution in [1.29, 1.82) is 0 Å². The lowest BCUT2D eigenvalue weighted by Gasteiger charge is -2.29. The number of carbonyl (C=O) groups is 2. The van der Waals surface area contributed by atoms with E-state index in [0.717, 1.165) is 10.5 Å². The van der Waals surface area contributed by atoms with Crippen LogP contribution in [0.25, 0.3) is 0 Å².